The summed E-state index contributed by atoms with van der Waals surface area (Å²) in [4.78, 5) is 31.2. The van der Waals surface area contributed by atoms with Crippen molar-refractivity contribution in [2.45, 2.75) is 52.1 Å². The Hall–Kier alpha value is -2.64. The van der Waals surface area contributed by atoms with Crippen molar-refractivity contribution < 1.29 is 14.0 Å². The number of nitrogens with one attached hydrogen (secondary N) is 1. The number of carbonyl (C=O) groups excluding carboxylic acids is 2. The minimum atomic E-state index is -0.349. The molecule has 2 aromatic rings. The monoisotopic (exact) mass is 387 g/mol. The Kier molecular flexibility index (Phi) is 6.16. The molecule has 2 heterocycles. The number of hydrogen-bond donors (Lipinski definition) is 1. The fourth-order valence-electron chi connectivity index (χ4n) is 3.60. The van der Waals surface area contributed by atoms with Gasteiger partial charge in [0.1, 0.15) is 12.3 Å². The van der Waals surface area contributed by atoms with Gasteiger partial charge in [-0.2, -0.15) is 5.10 Å². The van der Waals surface area contributed by atoms with E-state index >= 15 is 0 Å². The number of hydrogen-bond acceptors (Lipinski definition) is 5. The molecule has 0 bridgehead atoms. The van der Waals surface area contributed by atoms with Gasteiger partial charge in [-0.25, -0.2) is 4.98 Å². The summed E-state index contributed by atoms with van der Waals surface area (Å²) >= 11 is 0. The molecule has 0 aromatic carbocycles. The first-order chi connectivity index (χ1) is 13.3. The van der Waals surface area contributed by atoms with Crippen molar-refractivity contribution in [1.29, 1.82) is 0 Å². The highest BCUT2D eigenvalue weighted by atomic mass is 16.3. The Labute approximate surface area is 165 Å². The molecule has 1 N–H and O–H groups in total. The summed E-state index contributed by atoms with van der Waals surface area (Å²) in [7, 11) is 3.55. The molecule has 1 aliphatic carbocycles. The van der Waals surface area contributed by atoms with Crippen LogP contribution in [0.5, 0.6) is 0 Å². The minimum Gasteiger partial charge on any atom is -0.446 e. The van der Waals surface area contributed by atoms with E-state index in [4.69, 9.17) is 4.42 Å². The molecule has 152 valence electrons. The number of rotatable bonds is 7. The molecule has 2 aromatic heterocycles. The van der Waals surface area contributed by atoms with E-state index in [1.54, 1.807) is 22.8 Å². The lowest BCUT2D eigenvalue weighted by Crippen LogP contribution is -2.35. The van der Waals surface area contributed by atoms with Crippen LogP contribution < -0.4 is 5.32 Å². The van der Waals surface area contributed by atoms with Crippen molar-refractivity contribution in [2.75, 3.05) is 7.05 Å². The second-order valence-corrected chi connectivity index (χ2v) is 7.97. The van der Waals surface area contributed by atoms with E-state index < -0.39 is 0 Å². The number of carbonyl (C=O) groups is 2. The van der Waals surface area contributed by atoms with Crippen LogP contribution in [-0.4, -0.2) is 38.5 Å². The molecule has 0 radical (unpaired) electrons. The SMILES string of the molecule is CC(C)[C@@H](NC(=O)C1CCCC1)c1nc(C(=O)N(C)Cc2cnn(C)c2)co1. The second-order valence-electron chi connectivity index (χ2n) is 7.97. The summed E-state index contributed by atoms with van der Waals surface area (Å²) < 4.78 is 7.28. The standard InChI is InChI=1S/C20H29N5O3/c1-13(2)17(23-18(26)15-7-5-6-8-15)19-22-16(12-28-19)20(27)24(3)10-14-9-21-25(4)11-14/h9,11-13,15,17H,5-8,10H2,1-4H3,(H,23,26)/t17-/m1/s1. The van der Waals surface area contributed by atoms with Gasteiger partial charge in [-0.15, -0.1) is 0 Å². The maximum absolute atomic E-state index is 12.7. The van der Waals surface area contributed by atoms with Crippen LogP contribution in [0.4, 0.5) is 0 Å². The number of oxazole rings is 1. The Bertz CT molecular complexity index is 819. The molecular formula is C20H29N5O3. The van der Waals surface area contributed by atoms with Crippen molar-refractivity contribution in [3.05, 3.63) is 35.8 Å². The van der Waals surface area contributed by atoms with Crippen LogP contribution in [0, 0.1) is 11.8 Å². The van der Waals surface area contributed by atoms with Crippen molar-refractivity contribution in [1.82, 2.24) is 25.0 Å². The van der Waals surface area contributed by atoms with Crippen LogP contribution in [0.3, 0.4) is 0 Å². The van der Waals surface area contributed by atoms with Crippen LogP contribution in [-0.2, 0) is 18.4 Å². The summed E-state index contributed by atoms with van der Waals surface area (Å²) in [6.45, 7) is 4.43. The van der Waals surface area contributed by atoms with Crippen molar-refractivity contribution in [2.24, 2.45) is 18.9 Å². The highest BCUT2D eigenvalue weighted by molar-refractivity contribution is 5.91. The first-order valence-corrected chi connectivity index (χ1v) is 9.84. The van der Waals surface area contributed by atoms with E-state index in [-0.39, 0.29) is 35.4 Å². The summed E-state index contributed by atoms with van der Waals surface area (Å²) in [6, 6.07) is -0.349. The van der Waals surface area contributed by atoms with Crippen LogP contribution in [0.15, 0.2) is 23.1 Å². The quantitative estimate of drug-likeness (QED) is 0.788. The Balaban J connectivity index is 1.67. The van der Waals surface area contributed by atoms with E-state index in [9.17, 15) is 9.59 Å². The maximum Gasteiger partial charge on any atom is 0.275 e. The lowest BCUT2D eigenvalue weighted by molar-refractivity contribution is -0.126. The fourth-order valence-corrected chi connectivity index (χ4v) is 3.60. The van der Waals surface area contributed by atoms with Gasteiger partial charge in [0.05, 0.1) is 6.20 Å². The van der Waals surface area contributed by atoms with Crippen LogP contribution in [0.1, 0.15) is 67.5 Å². The van der Waals surface area contributed by atoms with Crippen LogP contribution >= 0.6 is 0 Å². The van der Waals surface area contributed by atoms with Crippen LogP contribution in [0.2, 0.25) is 0 Å². The average Bonchev–Trinajstić information content (AvgIpc) is 3.40. The van der Waals surface area contributed by atoms with Crippen molar-refractivity contribution in [3.63, 3.8) is 0 Å². The zero-order valence-electron chi connectivity index (χ0n) is 17.0. The molecule has 1 aliphatic rings. The van der Waals surface area contributed by atoms with Gasteiger partial charge in [-0.3, -0.25) is 14.3 Å². The zero-order valence-corrected chi connectivity index (χ0v) is 17.0. The molecule has 28 heavy (non-hydrogen) atoms. The Morgan fingerprint density at radius 2 is 2.07 bits per heavy atom. The van der Waals surface area contributed by atoms with Gasteiger partial charge in [0.2, 0.25) is 11.8 Å². The first kappa shape index (κ1) is 20.1. The predicted molar refractivity (Wildman–Crippen MR) is 103 cm³/mol. The lowest BCUT2D eigenvalue weighted by Gasteiger charge is -2.21. The number of aromatic nitrogens is 3. The smallest absolute Gasteiger partial charge is 0.275 e. The third-order valence-corrected chi connectivity index (χ3v) is 5.22. The average molecular weight is 387 g/mol. The summed E-state index contributed by atoms with van der Waals surface area (Å²) in [5.74, 6) is 0.363. The van der Waals surface area contributed by atoms with E-state index in [2.05, 4.69) is 15.4 Å². The highest BCUT2D eigenvalue weighted by Gasteiger charge is 2.29. The van der Waals surface area contributed by atoms with Crippen molar-refractivity contribution >= 4 is 11.8 Å². The van der Waals surface area contributed by atoms with Gasteiger partial charge >= 0.3 is 0 Å². The number of amides is 2. The van der Waals surface area contributed by atoms with Gasteiger partial charge < -0.3 is 14.6 Å². The molecule has 8 nitrogen and oxygen atoms in total. The summed E-state index contributed by atoms with van der Waals surface area (Å²) in [6.07, 6.45) is 9.04. The topological polar surface area (TPSA) is 93.3 Å². The molecule has 1 atom stereocenters. The third kappa shape index (κ3) is 4.61. The highest BCUT2D eigenvalue weighted by Crippen LogP contribution is 2.27. The van der Waals surface area contributed by atoms with Gasteiger partial charge in [0.15, 0.2) is 5.69 Å². The van der Waals surface area contributed by atoms with Gasteiger partial charge in [-0.1, -0.05) is 26.7 Å². The molecule has 0 spiro atoms. The number of aryl methyl sites for hydroxylation is 1. The van der Waals surface area contributed by atoms with E-state index in [0.29, 0.717) is 12.4 Å². The van der Waals surface area contributed by atoms with Gasteiger partial charge in [0, 0.05) is 38.3 Å². The first-order valence-electron chi connectivity index (χ1n) is 9.84. The van der Waals surface area contributed by atoms with E-state index in [1.807, 2.05) is 27.1 Å². The third-order valence-electron chi connectivity index (χ3n) is 5.22. The van der Waals surface area contributed by atoms with Crippen LogP contribution in [0.25, 0.3) is 0 Å². The molecule has 0 unspecified atom stereocenters. The second kappa shape index (κ2) is 8.58. The Morgan fingerprint density at radius 3 is 2.68 bits per heavy atom. The molecule has 0 saturated heterocycles. The van der Waals surface area contributed by atoms with E-state index in [0.717, 1.165) is 31.2 Å². The minimum absolute atomic E-state index is 0.0518. The Morgan fingerprint density at radius 1 is 1.36 bits per heavy atom. The number of nitrogens with zero attached hydrogens (tertiary/aromatic N) is 4. The van der Waals surface area contributed by atoms with E-state index in [1.165, 1.54) is 6.26 Å². The van der Waals surface area contributed by atoms with Gasteiger partial charge in [-0.05, 0) is 18.8 Å². The lowest BCUT2D eigenvalue weighted by atomic mass is 10.0. The summed E-state index contributed by atoms with van der Waals surface area (Å²) in [5, 5.41) is 7.18. The van der Waals surface area contributed by atoms with Gasteiger partial charge in [0.25, 0.3) is 5.91 Å². The molecular weight excluding hydrogens is 358 g/mol. The molecule has 2 amide bonds. The van der Waals surface area contributed by atoms with Crippen molar-refractivity contribution in [3.8, 4) is 0 Å². The largest absolute Gasteiger partial charge is 0.446 e. The maximum atomic E-state index is 12.7. The zero-order chi connectivity index (χ0) is 20.3. The molecule has 3 rings (SSSR count). The summed E-state index contributed by atoms with van der Waals surface area (Å²) in [5.41, 5.74) is 1.17. The molecule has 1 fully saturated rings. The molecule has 0 aliphatic heterocycles. The normalized spacial score (nSPS) is 15.8. The fraction of sp³-hybridized carbons (Fsp3) is 0.600. The predicted octanol–water partition coefficient (Wildman–Crippen LogP) is 2.68. The molecule has 8 heteroatoms. The molecule has 1 saturated carbocycles.